The summed E-state index contributed by atoms with van der Waals surface area (Å²) in [5.41, 5.74) is -0.386. The van der Waals surface area contributed by atoms with Gasteiger partial charge in [0.1, 0.15) is 11.4 Å². The van der Waals surface area contributed by atoms with Crippen molar-refractivity contribution in [1.82, 2.24) is 14.9 Å². The zero-order chi connectivity index (χ0) is 19.4. The number of pyridine rings is 2. The lowest BCUT2D eigenvalue weighted by Crippen LogP contribution is -2.35. The van der Waals surface area contributed by atoms with Crippen LogP contribution in [0.1, 0.15) is 22.3 Å². The third-order valence-electron chi connectivity index (χ3n) is 4.38. The molecule has 1 fully saturated rings. The Morgan fingerprint density at radius 1 is 1.11 bits per heavy atom. The van der Waals surface area contributed by atoms with Crippen LogP contribution in [0.4, 0.5) is 19.0 Å². The number of hydrogen-bond acceptors (Lipinski definition) is 5. The highest BCUT2D eigenvalue weighted by Crippen LogP contribution is 2.29. The van der Waals surface area contributed by atoms with Crippen molar-refractivity contribution < 1.29 is 22.7 Å². The second kappa shape index (κ2) is 7.81. The molecule has 0 N–H and O–H groups in total. The number of aromatic nitrogens is 2. The fourth-order valence-electron chi connectivity index (χ4n) is 2.98. The summed E-state index contributed by atoms with van der Waals surface area (Å²) in [7, 11) is 1.46. The van der Waals surface area contributed by atoms with E-state index < -0.39 is 11.7 Å². The molecule has 1 saturated heterocycles. The second-order valence-corrected chi connectivity index (χ2v) is 6.10. The van der Waals surface area contributed by atoms with Gasteiger partial charge in [-0.1, -0.05) is 0 Å². The Kier molecular flexibility index (Phi) is 5.48. The maximum absolute atomic E-state index is 12.8. The topological polar surface area (TPSA) is 58.6 Å². The number of rotatable bonds is 3. The third-order valence-corrected chi connectivity index (χ3v) is 4.38. The second-order valence-electron chi connectivity index (χ2n) is 6.10. The van der Waals surface area contributed by atoms with Gasteiger partial charge in [0.05, 0.1) is 12.7 Å². The van der Waals surface area contributed by atoms with Gasteiger partial charge in [-0.25, -0.2) is 9.97 Å². The van der Waals surface area contributed by atoms with Crippen LogP contribution in [0.3, 0.4) is 0 Å². The molecule has 3 heterocycles. The fraction of sp³-hybridized carbons (Fsp3) is 0.389. The van der Waals surface area contributed by atoms with E-state index in [4.69, 9.17) is 4.74 Å². The Labute approximate surface area is 154 Å². The van der Waals surface area contributed by atoms with Crippen molar-refractivity contribution in [2.45, 2.75) is 12.6 Å². The Morgan fingerprint density at radius 3 is 2.59 bits per heavy atom. The predicted molar refractivity (Wildman–Crippen MR) is 92.8 cm³/mol. The Bertz CT molecular complexity index is 796. The smallest absolute Gasteiger partial charge is 0.417 e. The van der Waals surface area contributed by atoms with Crippen LogP contribution < -0.4 is 9.64 Å². The van der Waals surface area contributed by atoms with Crippen LogP contribution in [0, 0.1) is 0 Å². The van der Waals surface area contributed by atoms with Gasteiger partial charge in [-0.05, 0) is 30.7 Å². The summed E-state index contributed by atoms with van der Waals surface area (Å²) >= 11 is 0. The Hall–Kier alpha value is -2.84. The van der Waals surface area contributed by atoms with E-state index in [0.29, 0.717) is 44.0 Å². The lowest BCUT2D eigenvalue weighted by Gasteiger charge is -2.23. The first kappa shape index (κ1) is 18.9. The van der Waals surface area contributed by atoms with E-state index in [1.807, 2.05) is 4.90 Å². The molecule has 0 unspecified atom stereocenters. The largest absolute Gasteiger partial charge is 0.480 e. The minimum absolute atomic E-state index is 0.179. The average Bonchev–Trinajstić information content (AvgIpc) is 2.93. The van der Waals surface area contributed by atoms with Crippen molar-refractivity contribution in [2.24, 2.45) is 0 Å². The third kappa shape index (κ3) is 4.29. The van der Waals surface area contributed by atoms with E-state index in [9.17, 15) is 18.0 Å². The summed E-state index contributed by atoms with van der Waals surface area (Å²) in [5.74, 6) is 0.562. The Morgan fingerprint density at radius 2 is 1.93 bits per heavy atom. The average molecular weight is 380 g/mol. The monoisotopic (exact) mass is 380 g/mol. The first-order valence-corrected chi connectivity index (χ1v) is 8.46. The maximum atomic E-state index is 12.8. The van der Waals surface area contributed by atoms with Gasteiger partial charge in [-0.15, -0.1) is 0 Å². The molecule has 2 aromatic heterocycles. The number of carbonyl (C=O) groups excluding carboxylic acids is 1. The predicted octanol–water partition coefficient (Wildman–Crippen LogP) is 2.86. The molecule has 27 heavy (non-hydrogen) atoms. The summed E-state index contributed by atoms with van der Waals surface area (Å²) in [6.45, 7) is 2.05. The molecule has 0 aliphatic carbocycles. The van der Waals surface area contributed by atoms with Gasteiger partial charge < -0.3 is 14.5 Å². The van der Waals surface area contributed by atoms with Crippen LogP contribution in [0.5, 0.6) is 5.88 Å². The van der Waals surface area contributed by atoms with Gasteiger partial charge in [0.25, 0.3) is 5.91 Å². The zero-order valence-electron chi connectivity index (χ0n) is 14.7. The lowest BCUT2D eigenvalue weighted by atomic mass is 10.2. The molecule has 0 radical (unpaired) electrons. The molecule has 144 valence electrons. The van der Waals surface area contributed by atoms with Gasteiger partial charge in [0, 0.05) is 38.6 Å². The molecule has 0 atom stereocenters. The van der Waals surface area contributed by atoms with E-state index in [1.165, 1.54) is 13.2 Å². The summed E-state index contributed by atoms with van der Waals surface area (Å²) in [6.07, 6.45) is -1.34. The van der Waals surface area contributed by atoms with Crippen molar-refractivity contribution >= 4 is 11.7 Å². The van der Waals surface area contributed by atoms with Crippen LogP contribution >= 0.6 is 0 Å². The lowest BCUT2D eigenvalue weighted by molar-refractivity contribution is -0.137. The molecule has 0 spiro atoms. The quantitative estimate of drug-likeness (QED) is 0.820. The molecule has 2 aromatic rings. The standard InChI is InChI=1S/C18H19F3N4O2/c1-27-16-14(4-2-7-22-16)17(26)25-9-3-8-24(10-11-25)15-6-5-13(12-23-15)18(19,20)21/h2,4-7,12H,3,8-11H2,1H3. The molecule has 6 nitrogen and oxygen atoms in total. The van der Waals surface area contributed by atoms with Crippen molar-refractivity contribution in [2.75, 3.05) is 38.2 Å². The molecule has 0 aromatic carbocycles. The van der Waals surface area contributed by atoms with Crippen LogP contribution in [0.25, 0.3) is 0 Å². The SMILES string of the molecule is COc1ncccc1C(=O)N1CCCN(c2ccc(C(F)(F)F)cn2)CC1. The maximum Gasteiger partial charge on any atom is 0.417 e. The number of nitrogens with zero attached hydrogens (tertiary/aromatic N) is 4. The first-order chi connectivity index (χ1) is 12.9. The van der Waals surface area contributed by atoms with Crippen LogP contribution in [-0.4, -0.2) is 54.1 Å². The number of methoxy groups -OCH3 is 1. The van der Waals surface area contributed by atoms with Gasteiger partial charge in [-0.3, -0.25) is 4.79 Å². The highest BCUT2D eigenvalue weighted by molar-refractivity contribution is 5.96. The number of amides is 1. The summed E-state index contributed by atoms with van der Waals surface area (Å²) in [4.78, 5) is 24.3. The van der Waals surface area contributed by atoms with Crippen LogP contribution in [-0.2, 0) is 6.18 Å². The zero-order valence-corrected chi connectivity index (χ0v) is 14.7. The van der Waals surface area contributed by atoms with Crippen molar-refractivity contribution in [3.05, 3.63) is 47.8 Å². The van der Waals surface area contributed by atoms with Crippen molar-refractivity contribution in [3.63, 3.8) is 0 Å². The van der Waals surface area contributed by atoms with Gasteiger partial charge in [0.15, 0.2) is 0 Å². The van der Waals surface area contributed by atoms with Crippen LogP contribution in [0.2, 0.25) is 0 Å². The number of carbonyl (C=O) groups is 1. The highest BCUT2D eigenvalue weighted by atomic mass is 19.4. The fourth-order valence-corrected chi connectivity index (χ4v) is 2.98. The minimum Gasteiger partial charge on any atom is -0.480 e. The Balaban J connectivity index is 1.69. The number of hydrogen-bond donors (Lipinski definition) is 0. The molecule has 3 rings (SSSR count). The van der Waals surface area contributed by atoms with E-state index in [-0.39, 0.29) is 11.8 Å². The molecule has 1 aliphatic heterocycles. The summed E-state index contributed by atoms with van der Waals surface area (Å²) in [6, 6.07) is 5.72. The number of anilines is 1. The molecule has 0 bridgehead atoms. The van der Waals surface area contributed by atoms with E-state index >= 15 is 0 Å². The molecule has 1 amide bonds. The highest BCUT2D eigenvalue weighted by Gasteiger charge is 2.31. The van der Waals surface area contributed by atoms with Crippen molar-refractivity contribution in [1.29, 1.82) is 0 Å². The number of alkyl halides is 3. The van der Waals surface area contributed by atoms with E-state index in [0.717, 1.165) is 12.3 Å². The van der Waals surface area contributed by atoms with E-state index in [1.54, 1.807) is 23.2 Å². The van der Waals surface area contributed by atoms with Gasteiger partial charge in [0.2, 0.25) is 5.88 Å². The normalized spacial score (nSPS) is 15.4. The van der Waals surface area contributed by atoms with Crippen molar-refractivity contribution in [3.8, 4) is 5.88 Å². The van der Waals surface area contributed by atoms with E-state index in [2.05, 4.69) is 9.97 Å². The van der Waals surface area contributed by atoms with Gasteiger partial charge in [-0.2, -0.15) is 13.2 Å². The number of halogens is 3. The molecular weight excluding hydrogens is 361 g/mol. The number of ether oxygens (including phenoxy) is 1. The molecule has 0 saturated carbocycles. The van der Waals surface area contributed by atoms with Gasteiger partial charge >= 0.3 is 6.18 Å². The molecular formula is C18H19F3N4O2. The summed E-state index contributed by atoms with van der Waals surface area (Å²) < 4.78 is 43.2. The van der Waals surface area contributed by atoms with Crippen LogP contribution in [0.15, 0.2) is 36.7 Å². The first-order valence-electron chi connectivity index (χ1n) is 8.46. The summed E-state index contributed by atoms with van der Waals surface area (Å²) in [5, 5.41) is 0. The molecule has 1 aliphatic rings. The molecule has 9 heteroatoms. The minimum atomic E-state index is -4.41.